The maximum atomic E-state index is 9.50. The van der Waals surface area contributed by atoms with Crippen molar-refractivity contribution in [1.82, 2.24) is 4.98 Å². The number of hydrogen-bond donors (Lipinski definition) is 0. The van der Waals surface area contributed by atoms with Gasteiger partial charge in [-0.3, -0.25) is 4.98 Å². The quantitative estimate of drug-likeness (QED) is 0.212. The van der Waals surface area contributed by atoms with E-state index in [4.69, 9.17) is 0 Å². The minimum absolute atomic E-state index is 0.606. The number of fused-ring (bicyclic) bond motifs is 4. The van der Waals surface area contributed by atoms with Crippen LogP contribution in [0.15, 0.2) is 146 Å². The van der Waals surface area contributed by atoms with E-state index in [0.29, 0.717) is 5.56 Å². The van der Waals surface area contributed by atoms with Crippen LogP contribution in [0.4, 0.5) is 0 Å². The van der Waals surface area contributed by atoms with Gasteiger partial charge >= 0.3 is 0 Å². The summed E-state index contributed by atoms with van der Waals surface area (Å²) in [5, 5.41) is 19.2. The number of benzene rings is 7. The van der Waals surface area contributed by atoms with Gasteiger partial charge in [0.15, 0.2) is 0 Å². The molecule has 8 rings (SSSR count). The van der Waals surface area contributed by atoms with E-state index in [-0.39, 0.29) is 0 Å². The summed E-state index contributed by atoms with van der Waals surface area (Å²) in [4.78, 5) is 4.63. The van der Waals surface area contributed by atoms with Crippen molar-refractivity contribution < 1.29 is 0 Å². The van der Waals surface area contributed by atoms with Gasteiger partial charge in [-0.15, -0.1) is 0 Å². The third kappa shape index (κ3) is 3.69. The van der Waals surface area contributed by atoms with Gasteiger partial charge in [-0.25, -0.2) is 0 Å². The number of nitriles is 1. The minimum Gasteiger partial charge on any atom is -0.256 e. The van der Waals surface area contributed by atoms with Gasteiger partial charge in [-0.2, -0.15) is 5.26 Å². The Bertz CT molecular complexity index is 2310. The standard InChI is InChI=1S/C40H24N2/c41-25-26-22-23-42-38(24-26)31-20-21-37(30-14-4-3-13-29(30)31)40-35-17-7-5-15-33(35)39(34-16-6-8-18-36(34)40)32-19-9-11-27-10-1-2-12-28(27)32/h1-24H. The van der Waals surface area contributed by atoms with Crippen LogP contribution in [0.2, 0.25) is 0 Å². The molecule has 0 spiro atoms. The van der Waals surface area contributed by atoms with Crippen LogP contribution in [-0.4, -0.2) is 4.98 Å². The van der Waals surface area contributed by atoms with E-state index in [2.05, 4.69) is 138 Å². The third-order valence-corrected chi connectivity index (χ3v) is 8.35. The van der Waals surface area contributed by atoms with Crippen molar-refractivity contribution in [3.8, 4) is 39.6 Å². The smallest absolute Gasteiger partial charge is 0.0992 e. The number of hydrogen-bond acceptors (Lipinski definition) is 2. The average Bonchev–Trinajstić information content (AvgIpc) is 3.06. The molecule has 42 heavy (non-hydrogen) atoms. The maximum absolute atomic E-state index is 9.50. The maximum Gasteiger partial charge on any atom is 0.0992 e. The predicted octanol–water partition coefficient (Wildman–Crippen LogP) is 10.6. The topological polar surface area (TPSA) is 36.7 Å². The first kappa shape index (κ1) is 24.1. The molecule has 0 saturated carbocycles. The molecule has 2 heteroatoms. The molecule has 1 aromatic heterocycles. The van der Waals surface area contributed by atoms with Gasteiger partial charge in [0.05, 0.1) is 17.3 Å². The molecular formula is C40H24N2. The molecule has 7 aromatic carbocycles. The van der Waals surface area contributed by atoms with E-state index < -0.39 is 0 Å². The van der Waals surface area contributed by atoms with E-state index in [9.17, 15) is 5.26 Å². The van der Waals surface area contributed by atoms with Crippen LogP contribution in [0.25, 0.3) is 76.6 Å². The zero-order chi connectivity index (χ0) is 28.0. The van der Waals surface area contributed by atoms with E-state index in [0.717, 1.165) is 22.0 Å². The molecule has 2 nitrogen and oxygen atoms in total. The average molecular weight is 533 g/mol. The van der Waals surface area contributed by atoms with E-state index >= 15 is 0 Å². The molecule has 0 N–H and O–H groups in total. The highest BCUT2D eigenvalue weighted by Gasteiger charge is 2.20. The molecule has 0 bridgehead atoms. The summed E-state index contributed by atoms with van der Waals surface area (Å²) in [7, 11) is 0. The van der Waals surface area contributed by atoms with Crippen molar-refractivity contribution in [2.24, 2.45) is 0 Å². The van der Waals surface area contributed by atoms with E-state index in [1.165, 1.54) is 54.6 Å². The Morgan fingerprint density at radius 1 is 0.429 bits per heavy atom. The van der Waals surface area contributed by atoms with Crippen molar-refractivity contribution in [2.75, 3.05) is 0 Å². The highest BCUT2D eigenvalue weighted by Crippen LogP contribution is 2.47. The lowest BCUT2D eigenvalue weighted by Crippen LogP contribution is -1.93. The summed E-state index contributed by atoms with van der Waals surface area (Å²) in [5.74, 6) is 0. The van der Waals surface area contributed by atoms with Gasteiger partial charge < -0.3 is 0 Å². The lowest BCUT2D eigenvalue weighted by Gasteiger charge is -2.20. The number of nitrogens with zero attached hydrogens (tertiary/aromatic N) is 2. The first-order valence-corrected chi connectivity index (χ1v) is 14.1. The van der Waals surface area contributed by atoms with Crippen molar-refractivity contribution >= 4 is 43.1 Å². The Labute approximate surface area is 243 Å². The molecular weight excluding hydrogens is 508 g/mol. The van der Waals surface area contributed by atoms with Crippen LogP contribution in [-0.2, 0) is 0 Å². The fourth-order valence-electron chi connectivity index (χ4n) is 6.54. The zero-order valence-corrected chi connectivity index (χ0v) is 22.8. The SMILES string of the molecule is N#Cc1ccnc(-c2ccc(-c3c4ccccc4c(-c4cccc5ccccc45)c4ccccc34)c3ccccc23)c1. The van der Waals surface area contributed by atoms with Crippen molar-refractivity contribution in [3.05, 3.63) is 151 Å². The predicted molar refractivity (Wildman–Crippen MR) is 175 cm³/mol. The normalized spacial score (nSPS) is 11.3. The second kappa shape index (κ2) is 9.70. The molecule has 0 saturated heterocycles. The summed E-state index contributed by atoms with van der Waals surface area (Å²) in [6, 6.07) is 51.6. The van der Waals surface area contributed by atoms with Crippen LogP contribution in [0.5, 0.6) is 0 Å². The summed E-state index contributed by atoms with van der Waals surface area (Å²) in [6.45, 7) is 0. The first-order chi connectivity index (χ1) is 20.8. The van der Waals surface area contributed by atoms with Crippen LogP contribution < -0.4 is 0 Å². The van der Waals surface area contributed by atoms with Gasteiger partial charge in [0.1, 0.15) is 0 Å². The van der Waals surface area contributed by atoms with Crippen LogP contribution in [0.1, 0.15) is 5.56 Å². The van der Waals surface area contributed by atoms with Crippen LogP contribution in [0.3, 0.4) is 0 Å². The van der Waals surface area contributed by atoms with Gasteiger partial charge in [0, 0.05) is 11.8 Å². The third-order valence-electron chi connectivity index (χ3n) is 8.35. The monoisotopic (exact) mass is 532 g/mol. The highest BCUT2D eigenvalue weighted by molar-refractivity contribution is 6.25. The molecule has 0 radical (unpaired) electrons. The molecule has 8 aromatic rings. The molecule has 0 unspecified atom stereocenters. The van der Waals surface area contributed by atoms with E-state index in [1.807, 2.05) is 6.07 Å². The van der Waals surface area contributed by atoms with Crippen molar-refractivity contribution in [3.63, 3.8) is 0 Å². The second-order valence-corrected chi connectivity index (χ2v) is 10.6. The summed E-state index contributed by atoms with van der Waals surface area (Å²) in [6.07, 6.45) is 1.71. The second-order valence-electron chi connectivity index (χ2n) is 10.6. The molecule has 0 aliphatic heterocycles. The fourth-order valence-corrected chi connectivity index (χ4v) is 6.54. The minimum atomic E-state index is 0.606. The molecule has 0 amide bonds. The van der Waals surface area contributed by atoms with E-state index in [1.54, 1.807) is 12.3 Å². The summed E-state index contributed by atoms with van der Waals surface area (Å²) >= 11 is 0. The van der Waals surface area contributed by atoms with Crippen molar-refractivity contribution in [1.29, 1.82) is 5.26 Å². The molecule has 0 aliphatic carbocycles. The molecule has 0 atom stereocenters. The lowest BCUT2D eigenvalue weighted by molar-refractivity contribution is 1.31. The largest absolute Gasteiger partial charge is 0.256 e. The highest BCUT2D eigenvalue weighted by atomic mass is 14.7. The van der Waals surface area contributed by atoms with Gasteiger partial charge in [-0.1, -0.05) is 127 Å². The first-order valence-electron chi connectivity index (χ1n) is 14.1. The molecule has 194 valence electrons. The summed E-state index contributed by atoms with van der Waals surface area (Å²) in [5.41, 5.74) is 7.35. The molecule has 0 aliphatic rings. The fraction of sp³-hybridized carbons (Fsp3) is 0. The Morgan fingerprint density at radius 2 is 0.905 bits per heavy atom. The number of aromatic nitrogens is 1. The lowest BCUT2D eigenvalue weighted by atomic mass is 9.83. The Kier molecular flexibility index (Phi) is 5.55. The molecule has 0 fully saturated rings. The Balaban J connectivity index is 1.49. The number of rotatable bonds is 3. The molecule has 1 heterocycles. The Morgan fingerprint density at radius 3 is 1.52 bits per heavy atom. The Hall–Kier alpha value is -5.78. The van der Waals surface area contributed by atoms with Crippen LogP contribution in [0, 0.1) is 11.3 Å². The van der Waals surface area contributed by atoms with Gasteiger partial charge in [0.25, 0.3) is 0 Å². The van der Waals surface area contributed by atoms with Crippen LogP contribution >= 0.6 is 0 Å². The van der Waals surface area contributed by atoms with Crippen molar-refractivity contribution in [2.45, 2.75) is 0 Å². The number of pyridine rings is 1. The van der Waals surface area contributed by atoms with Gasteiger partial charge in [-0.05, 0) is 77.5 Å². The summed E-state index contributed by atoms with van der Waals surface area (Å²) < 4.78 is 0. The zero-order valence-electron chi connectivity index (χ0n) is 22.8. The van der Waals surface area contributed by atoms with Gasteiger partial charge in [0.2, 0.25) is 0 Å².